The van der Waals surface area contributed by atoms with Gasteiger partial charge >= 0.3 is 5.97 Å². The van der Waals surface area contributed by atoms with Gasteiger partial charge in [-0.25, -0.2) is 4.98 Å². The average Bonchev–Trinajstić information content (AvgIpc) is 4.17. The van der Waals surface area contributed by atoms with E-state index in [4.69, 9.17) is 9.84 Å². The van der Waals surface area contributed by atoms with Crippen LogP contribution in [0.25, 0.3) is 44.0 Å². The van der Waals surface area contributed by atoms with Gasteiger partial charge in [-0.15, -0.1) is 16.9 Å². The Morgan fingerprint density at radius 2 is 1.26 bits per heavy atom. The first-order valence-electron chi connectivity index (χ1n) is 26.1. The Bertz CT molecular complexity index is 4080. The predicted octanol–water partition coefficient (Wildman–Crippen LogP) is 13.9. The molecule has 0 radical (unpaired) electrons. The fourth-order valence-corrected chi connectivity index (χ4v) is 11.7. The minimum absolute atomic E-state index is 0.00114. The Balaban J connectivity index is 0.000000218. The first-order chi connectivity index (χ1) is 38.8. The van der Waals surface area contributed by atoms with Crippen LogP contribution in [0.5, 0.6) is 17.2 Å². The normalized spacial score (nSPS) is 11.5. The molecular formula is C63H60N8O8S2. The molecule has 0 saturated heterocycles. The Morgan fingerprint density at radius 3 is 1.95 bits per heavy atom. The minimum atomic E-state index is -0.884. The number of amides is 3. The zero-order chi connectivity index (χ0) is 57.6. The van der Waals surface area contributed by atoms with E-state index in [-0.39, 0.29) is 46.9 Å². The third-order valence-corrected chi connectivity index (χ3v) is 15.7. The predicted molar refractivity (Wildman–Crippen MR) is 322 cm³/mol. The van der Waals surface area contributed by atoms with Crippen molar-refractivity contribution in [1.29, 1.82) is 0 Å². The van der Waals surface area contributed by atoms with E-state index in [0.29, 0.717) is 45.8 Å². The quantitative estimate of drug-likeness (QED) is 0.0420. The van der Waals surface area contributed by atoms with Crippen molar-refractivity contribution in [2.24, 2.45) is 0 Å². The van der Waals surface area contributed by atoms with Gasteiger partial charge in [0.2, 0.25) is 11.9 Å². The summed E-state index contributed by atoms with van der Waals surface area (Å²) in [6, 6.07) is 39.5. The standard InChI is InChI=1S/C40H39N5O4S.C23H21N3O4S/c1-7-31(49-32-17-15-22(2)18-26(32)6)39(48)41-28-12-9-11-27(20-28)37-42-40(45-44-37)43-38(47)30-21-34(50-33-19-23(3)14-16-24(33)4)35-25(5)10-8-13-29(35)36(30)46;1-12-6-7-16-17(10-12)25-23(24-16)26-22(30)15-11-18(31-9-8-19(27)28)20-13(2)4-3-5-14(20)21(15)29/h8-21,31,46H,7H2,1-6H3,(H,41,48)(H2,42,43,44,45,47);3-7,10-11,29H,8-9H2,1-2H3,(H,27,28)(H2,24,25,26,30). The van der Waals surface area contributed by atoms with Gasteiger partial charge in [0.25, 0.3) is 17.7 Å². The van der Waals surface area contributed by atoms with Crippen molar-refractivity contribution in [1.82, 2.24) is 25.1 Å². The SMILES string of the molecule is CCC(Oc1ccc(C)cc1C)C(=O)Nc1cccc(-c2nc(NC(=O)c3cc(Sc4cc(C)ccc4C)c4c(C)cccc4c3O)n[nH]2)c1.Cc1ccc2nc(NC(=O)c3cc(SCCC(=O)O)c4c(C)cccc4c3O)[nH]c2c1. The van der Waals surface area contributed by atoms with Crippen LogP contribution in [-0.4, -0.2) is 76.0 Å². The maximum atomic E-state index is 13.6. The molecule has 1 unspecified atom stereocenters. The first kappa shape index (κ1) is 56.6. The van der Waals surface area contributed by atoms with Gasteiger partial charge in [0.15, 0.2) is 11.9 Å². The van der Waals surface area contributed by atoms with Crippen LogP contribution in [-0.2, 0) is 9.59 Å². The maximum absolute atomic E-state index is 13.6. The highest BCUT2D eigenvalue weighted by Crippen LogP contribution is 2.43. The molecule has 16 nitrogen and oxygen atoms in total. The Kier molecular flexibility index (Phi) is 17.1. The summed E-state index contributed by atoms with van der Waals surface area (Å²) in [5, 5.41) is 49.4. The van der Waals surface area contributed by atoms with Crippen LogP contribution in [0.4, 0.5) is 17.6 Å². The number of anilines is 3. The van der Waals surface area contributed by atoms with Gasteiger partial charge in [-0.05, 0) is 137 Å². The van der Waals surface area contributed by atoms with Crippen LogP contribution in [0.15, 0.2) is 142 Å². The van der Waals surface area contributed by atoms with Gasteiger partial charge in [0.05, 0.1) is 28.6 Å². The topological polar surface area (TPSA) is 245 Å². The van der Waals surface area contributed by atoms with Crippen molar-refractivity contribution in [3.63, 3.8) is 0 Å². The number of nitrogens with one attached hydrogen (secondary N) is 5. The number of fused-ring (bicyclic) bond motifs is 3. The fraction of sp³-hybridized carbons (Fsp3) is 0.190. The second kappa shape index (κ2) is 24.5. The smallest absolute Gasteiger partial charge is 0.304 e. The molecule has 1 atom stereocenters. The zero-order valence-electron chi connectivity index (χ0n) is 45.9. The zero-order valence-corrected chi connectivity index (χ0v) is 47.5. The molecule has 8 N–H and O–H groups in total. The van der Waals surface area contributed by atoms with Gasteiger partial charge in [-0.3, -0.25) is 34.9 Å². The number of carbonyl (C=O) groups excluding carboxylic acids is 3. The number of H-pyrrole nitrogens is 2. The number of carboxylic acid groups (broad SMARTS) is 1. The molecule has 3 amide bonds. The van der Waals surface area contributed by atoms with Crippen molar-refractivity contribution < 1.29 is 39.2 Å². The Morgan fingerprint density at radius 1 is 0.630 bits per heavy atom. The summed E-state index contributed by atoms with van der Waals surface area (Å²) in [5.41, 5.74) is 10.3. The number of hydrogen-bond acceptors (Lipinski definition) is 12. The molecular weight excluding hydrogens is 1060 g/mol. The Labute approximate surface area is 476 Å². The summed E-state index contributed by atoms with van der Waals surface area (Å²) in [7, 11) is 0. The number of phenols is 2. The molecule has 8 aromatic carbocycles. The van der Waals surface area contributed by atoms with E-state index in [2.05, 4.69) is 66.2 Å². The summed E-state index contributed by atoms with van der Waals surface area (Å²) in [6.07, 6.45) is -0.191. The van der Waals surface area contributed by atoms with Crippen molar-refractivity contribution in [2.45, 2.75) is 89.0 Å². The highest BCUT2D eigenvalue weighted by atomic mass is 32.2. The van der Waals surface area contributed by atoms with E-state index in [1.165, 1.54) is 11.8 Å². The summed E-state index contributed by atoms with van der Waals surface area (Å²) in [4.78, 5) is 65.3. The number of aryl methyl sites for hydroxylation is 7. The van der Waals surface area contributed by atoms with Crippen molar-refractivity contribution in [3.8, 4) is 28.6 Å². The molecule has 0 fully saturated rings. The van der Waals surface area contributed by atoms with Crippen LogP contribution in [0.2, 0.25) is 0 Å². The number of phenolic OH excluding ortho intramolecular Hbond substituents is 2. The number of imidazole rings is 1. The largest absolute Gasteiger partial charge is 0.506 e. The molecule has 10 rings (SSSR count). The molecule has 0 aliphatic heterocycles. The number of thioether (sulfide) groups is 1. The lowest BCUT2D eigenvalue weighted by Crippen LogP contribution is -2.32. The minimum Gasteiger partial charge on any atom is -0.506 e. The fourth-order valence-electron chi connectivity index (χ4n) is 9.29. The molecule has 2 heterocycles. The summed E-state index contributed by atoms with van der Waals surface area (Å²) in [6.45, 7) is 15.9. The first-order valence-corrected chi connectivity index (χ1v) is 27.9. The van der Waals surface area contributed by atoms with E-state index in [1.54, 1.807) is 48.2 Å². The number of aromatic hydroxyl groups is 2. The van der Waals surface area contributed by atoms with Crippen LogP contribution >= 0.6 is 23.5 Å². The van der Waals surface area contributed by atoms with Gasteiger partial charge in [0, 0.05) is 53.2 Å². The number of carbonyl (C=O) groups is 4. The number of carboxylic acids is 1. The molecule has 0 aliphatic rings. The van der Waals surface area contributed by atoms with E-state index in [0.717, 1.165) is 75.4 Å². The van der Waals surface area contributed by atoms with Crippen LogP contribution in [0.3, 0.4) is 0 Å². The molecule has 0 bridgehead atoms. The maximum Gasteiger partial charge on any atom is 0.304 e. The third-order valence-electron chi connectivity index (χ3n) is 13.5. The van der Waals surface area contributed by atoms with E-state index < -0.39 is 23.9 Å². The summed E-state index contributed by atoms with van der Waals surface area (Å²) in [5.74, 6) is -0.691. The lowest BCUT2D eigenvalue weighted by molar-refractivity contribution is -0.136. The lowest BCUT2D eigenvalue weighted by Gasteiger charge is -2.19. The molecule has 0 aliphatic carbocycles. The summed E-state index contributed by atoms with van der Waals surface area (Å²) < 4.78 is 6.06. The highest BCUT2D eigenvalue weighted by Gasteiger charge is 2.24. The molecule has 2 aromatic heterocycles. The molecule has 0 spiro atoms. The second-order valence-corrected chi connectivity index (χ2v) is 22.0. The number of aromatic amines is 2. The number of ether oxygens (including phenoxy) is 1. The molecule has 18 heteroatoms. The van der Waals surface area contributed by atoms with Crippen LogP contribution in [0.1, 0.15) is 79.4 Å². The Hall–Kier alpha value is -9.13. The molecule has 412 valence electrons. The van der Waals surface area contributed by atoms with E-state index in [1.807, 2.05) is 121 Å². The molecule has 10 aromatic rings. The summed E-state index contributed by atoms with van der Waals surface area (Å²) >= 11 is 2.91. The lowest BCUT2D eigenvalue weighted by atomic mass is 10.0. The number of hydrogen-bond donors (Lipinski definition) is 8. The van der Waals surface area contributed by atoms with Crippen molar-refractivity contribution >= 4 is 97.4 Å². The number of aromatic nitrogens is 5. The number of benzene rings is 8. The van der Waals surface area contributed by atoms with Gasteiger partial charge in [0.1, 0.15) is 17.2 Å². The van der Waals surface area contributed by atoms with Crippen molar-refractivity contribution in [3.05, 3.63) is 177 Å². The molecule has 81 heavy (non-hydrogen) atoms. The van der Waals surface area contributed by atoms with Crippen LogP contribution < -0.4 is 20.7 Å². The van der Waals surface area contributed by atoms with E-state index >= 15 is 0 Å². The third kappa shape index (κ3) is 13.0. The number of rotatable bonds is 16. The van der Waals surface area contributed by atoms with Gasteiger partial charge in [-0.2, -0.15) is 4.98 Å². The monoisotopic (exact) mass is 1120 g/mol. The second-order valence-electron chi connectivity index (χ2n) is 19.8. The van der Waals surface area contributed by atoms with Gasteiger partial charge < -0.3 is 30.4 Å². The number of nitrogens with zero attached hydrogens (tertiary/aromatic N) is 3. The van der Waals surface area contributed by atoms with Gasteiger partial charge in [-0.1, -0.05) is 103 Å². The molecule has 0 saturated carbocycles. The highest BCUT2D eigenvalue weighted by molar-refractivity contribution is 7.99. The van der Waals surface area contributed by atoms with Crippen LogP contribution in [0, 0.1) is 48.5 Å². The van der Waals surface area contributed by atoms with E-state index in [9.17, 15) is 29.4 Å². The average molecular weight is 1120 g/mol. The number of aliphatic carboxylic acids is 1. The van der Waals surface area contributed by atoms with Crippen molar-refractivity contribution in [2.75, 3.05) is 21.7 Å².